The molecule has 0 aliphatic heterocycles. The van der Waals surface area contributed by atoms with Crippen LogP contribution in [0.2, 0.25) is 0 Å². The van der Waals surface area contributed by atoms with Crippen molar-refractivity contribution in [1.82, 2.24) is 0 Å². The highest BCUT2D eigenvalue weighted by atomic mass is 14.6. The van der Waals surface area contributed by atoms with Crippen molar-refractivity contribution >= 4 is 0 Å². The minimum absolute atomic E-state index is 0.0307. The summed E-state index contributed by atoms with van der Waals surface area (Å²) in [5.74, 6) is 0. The molecule has 2 aromatic rings. The zero-order valence-corrected chi connectivity index (χ0v) is 12.1. The SMILES string of the molecule is CCCc1ccc(C(N)c2c(C)cccc2C)cc1. The molecule has 1 unspecified atom stereocenters. The van der Waals surface area contributed by atoms with Gasteiger partial charge in [-0.15, -0.1) is 0 Å². The lowest BCUT2D eigenvalue weighted by Crippen LogP contribution is -2.14. The molecule has 0 bridgehead atoms. The van der Waals surface area contributed by atoms with E-state index in [-0.39, 0.29) is 6.04 Å². The quantitative estimate of drug-likeness (QED) is 0.863. The highest BCUT2D eigenvalue weighted by Crippen LogP contribution is 2.26. The minimum Gasteiger partial charge on any atom is -0.320 e. The molecule has 0 heterocycles. The topological polar surface area (TPSA) is 26.0 Å². The first-order chi connectivity index (χ1) is 9.13. The first kappa shape index (κ1) is 13.8. The zero-order valence-electron chi connectivity index (χ0n) is 12.1. The summed E-state index contributed by atoms with van der Waals surface area (Å²) in [5, 5.41) is 0. The molecule has 0 saturated heterocycles. The summed E-state index contributed by atoms with van der Waals surface area (Å²) in [7, 11) is 0. The predicted molar refractivity (Wildman–Crippen MR) is 82.4 cm³/mol. The van der Waals surface area contributed by atoms with E-state index in [0.717, 1.165) is 6.42 Å². The summed E-state index contributed by atoms with van der Waals surface area (Å²) in [6.07, 6.45) is 2.32. The Balaban J connectivity index is 2.31. The van der Waals surface area contributed by atoms with Crippen LogP contribution in [0.5, 0.6) is 0 Å². The molecule has 1 atom stereocenters. The minimum atomic E-state index is -0.0307. The Morgan fingerprint density at radius 3 is 2.05 bits per heavy atom. The second-order valence-corrected chi connectivity index (χ2v) is 5.27. The summed E-state index contributed by atoms with van der Waals surface area (Å²) in [5.41, 5.74) is 12.8. The monoisotopic (exact) mass is 253 g/mol. The van der Waals surface area contributed by atoms with Gasteiger partial charge in [0, 0.05) is 0 Å². The summed E-state index contributed by atoms with van der Waals surface area (Å²) in [6, 6.07) is 15.1. The first-order valence-electron chi connectivity index (χ1n) is 7.04. The van der Waals surface area contributed by atoms with Crippen molar-refractivity contribution in [2.24, 2.45) is 5.73 Å². The Morgan fingerprint density at radius 1 is 0.947 bits per heavy atom. The van der Waals surface area contributed by atoms with Gasteiger partial charge in [-0.1, -0.05) is 55.8 Å². The third-order valence-corrected chi connectivity index (χ3v) is 3.73. The van der Waals surface area contributed by atoms with E-state index in [1.54, 1.807) is 0 Å². The standard InChI is InChI=1S/C18H23N/c1-4-6-15-9-11-16(12-10-15)18(19)17-13(2)7-5-8-14(17)3/h5,7-12,18H,4,6,19H2,1-3H3. The van der Waals surface area contributed by atoms with Crippen molar-refractivity contribution in [2.75, 3.05) is 0 Å². The molecule has 0 radical (unpaired) electrons. The molecule has 0 aromatic heterocycles. The van der Waals surface area contributed by atoms with Crippen LogP contribution in [0.15, 0.2) is 42.5 Å². The lowest BCUT2D eigenvalue weighted by Gasteiger charge is -2.18. The third-order valence-electron chi connectivity index (χ3n) is 3.73. The number of nitrogens with two attached hydrogens (primary N) is 1. The van der Waals surface area contributed by atoms with Crippen molar-refractivity contribution in [3.63, 3.8) is 0 Å². The van der Waals surface area contributed by atoms with Gasteiger partial charge in [0.05, 0.1) is 6.04 Å². The molecule has 0 aliphatic rings. The zero-order chi connectivity index (χ0) is 13.8. The largest absolute Gasteiger partial charge is 0.320 e. The maximum atomic E-state index is 6.44. The van der Waals surface area contributed by atoms with Gasteiger partial charge in [-0.05, 0) is 48.1 Å². The van der Waals surface area contributed by atoms with Crippen LogP contribution in [0.4, 0.5) is 0 Å². The van der Waals surface area contributed by atoms with Gasteiger partial charge in [-0.3, -0.25) is 0 Å². The predicted octanol–water partition coefficient (Wildman–Crippen LogP) is 4.30. The number of benzene rings is 2. The van der Waals surface area contributed by atoms with E-state index >= 15 is 0 Å². The Labute approximate surface area is 116 Å². The van der Waals surface area contributed by atoms with Crippen molar-refractivity contribution in [3.8, 4) is 0 Å². The van der Waals surface area contributed by atoms with Crippen LogP contribution < -0.4 is 5.73 Å². The Morgan fingerprint density at radius 2 is 1.53 bits per heavy atom. The van der Waals surface area contributed by atoms with E-state index in [4.69, 9.17) is 5.73 Å². The molecule has 0 amide bonds. The molecule has 2 aromatic carbocycles. The molecule has 19 heavy (non-hydrogen) atoms. The summed E-state index contributed by atoms with van der Waals surface area (Å²) >= 11 is 0. The van der Waals surface area contributed by atoms with Gasteiger partial charge < -0.3 is 5.73 Å². The molecule has 100 valence electrons. The van der Waals surface area contributed by atoms with Crippen molar-refractivity contribution in [1.29, 1.82) is 0 Å². The second kappa shape index (κ2) is 6.03. The number of rotatable bonds is 4. The lowest BCUT2D eigenvalue weighted by molar-refractivity contribution is 0.847. The van der Waals surface area contributed by atoms with E-state index in [9.17, 15) is 0 Å². The first-order valence-corrected chi connectivity index (χ1v) is 7.04. The van der Waals surface area contributed by atoms with Gasteiger partial charge >= 0.3 is 0 Å². The lowest BCUT2D eigenvalue weighted by atomic mass is 9.91. The molecule has 2 rings (SSSR count). The summed E-state index contributed by atoms with van der Waals surface area (Å²) in [4.78, 5) is 0. The highest BCUT2D eigenvalue weighted by Gasteiger charge is 2.13. The van der Waals surface area contributed by atoms with Crippen molar-refractivity contribution in [3.05, 3.63) is 70.3 Å². The molecule has 1 nitrogen and oxygen atoms in total. The van der Waals surface area contributed by atoms with Crippen LogP contribution in [-0.4, -0.2) is 0 Å². The Hall–Kier alpha value is -1.60. The average molecular weight is 253 g/mol. The smallest absolute Gasteiger partial charge is 0.0556 e. The van der Waals surface area contributed by atoms with E-state index in [1.807, 2.05) is 0 Å². The van der Waals surface area contributed by atoms with Crippen LogP contribution >= 0.6 is 0 Å². The Kier molecular flexibility index (Phi) is 4.39. The number of hydrogen-bond donors (Lipinski definition) is 1. The second-order valence-electron chi connectivity index (χ2n) is 5.27. The summed E-state index contributed by atoms with van der Waals surface area (Å²) in [6.45, 7) is 6.47. The van der Waals surface area contributed by atoms with Crippen LogP contribution in [-0.2, 0) is 6.42 Å². The van der Waals surface area contributed by atoms with E-state index in [2.05, 4.69) is 63.2 Å². The molecule has 0 saturated carbocycles. The van der Waals surface area contributed by atoms with Crippen LogP contribution in [0, 0.1) is 13.8 Å². The molecule has 2 N–H and O–H groups in total. The average Bonchev–Trinajstić information content (AvgIpc) is 2.39. The van der Waals surface area contributed by atoms with E-state index in [0.29, 0.717) is 0 Å². The third kappa shape index (κ3) is 3.05. The summed E-state index contributed by atoms with van der Waals surface area (Å²) < 4.78 is 0. The number of hydrogen-bond acceptors (Lipinski definition) is 1. The van der Waals surface area contributed by atoms with Gasteiger partial charge in [0.25, 0.3) is 0 Å². The Bertz CT molecular complexity index is 520. The molecular formula is C18H23N. The van der Waals surface area contributed by atoms with Gasteiger partial charge in [-0.25, -0.2) is 0 Å². The maximum Gasteiger partial charge on any atom is 0.0556 e. The van der Waals surface area contributed by atoms with E-state index < -0.39 is 0 Å². The van der Waals surface area contributed by atoms with Crippen LogP contribution in [0.1, 0.15) is 47.2 Å². The van der Waals surface area contributed by atoms with Gasteiger partial charge in [0.15, 0.2) is 0 Å². The highest BCUT2D eigenvalue weighted by molar-refractivity contribution is 5.42. The van der Waals surface area contributed by atoms with E-state index in [1.165, 1.54) is 34.2 Å². The van der Waals surface area contributed by atoms with Crippen molar-refractivity contribution < 1.29 is 0 Å². The van der Waals surface area contributed by atoms with Gasteiger partial charge in [-0.2, -0.15) is 0 Å². The van der Waals surface area contributed by atoms with Gasteiger partial charge in [0.1, 0.15) is 0 Å². The normalized spacial score (nSPS) is 12.4. The fraction of sp³-hybridized carbons (Fsp3) is 0.333. The fourth-order valence-electron chi connectivity index (χ4n) is 2.66. The number of aryl methyl sites for hydroxylation is 3. The van der Waals surface area contributed by atoms with Crippen molar-refractivity contribution in [2.45, 2.75) is 39.7 Å². The van der Waals surface area contributed by atoms with Crippen LogP contribution in [0.3, 0.4) is 0 Å². The molecule has 0 aliphatic carbocycles. The molecular weight excluding hydrogens is 230 g/mol. The molecule has 0 fully saturated rings. The van der Waals surface area contributed by atoms with Crippen LogP contribution in [0.25, 0.3) is 0 Å². The molecule has 0 spiro atoms. The van der Waals surface area contributed by atoms with Gasteiger partial charge in [0.2, 0.25) is 0 Å². The maximum absolute atomic E-state index is 6.44. The fourth-order valence-corrected chi connectivity index (χ4v) is 2.66. The molecule has 1 heteroatoms.